The quantitative estimate of drug-likeness (QED) is 0.454. The first-order chi connectivity index (χ1) is 15.6. The molecule has 32 heavy (non-hydrogen) atoms. The van der Waals surface area contributed by atoms with E-state index in [9.17, 15) is 9.59 Å². The Morgan fingerprint density at radius 2 is 1.50 bits per heavy atom. The molecule has 2 aromatic carbocycles. The lowest BCUT2D eigenvalue weighted by Gasteiger charge is -2.27. The fraction of sp³-hybridized carbons (Fsp3) is 0.269. The van der Waals surface area contributed by atoms with Crippen LogP contribution in [-0.2, 0) is 6.42 Å². The lowest BCUT2D eigenvalue weighted by Crippen LogP contribution is -2.34. The van der Waals surface area contributed by atoms with Gasteiger partial charge in [-0.1, -0.05) is 24.3 Å². The van der Waals surface area contributed by atoms with Gasteiger partial charge >= 0.3 is 0 Å². The number of benzene rings is 2. The number of amides is 2. The van der Waals surface area contributed by atoms with Crippen molar-refractivity contribution < 1.29 is 19.1 Å². The van der Waals surface area contributed by atoms with Gasteiger partial charge in [-0.25, -0.2) is 0 Å². The fourth-order valence-electron chi connectivity index (χ4n) is 4.04. The van der Waals surface area contributed by atoms with Gasteiger partial charge in [-0.2, -0.15) is 0 Å². The average Bonchev–Trinajstić information content (AvgIpc) is 3.07. The minimum Gasteiger partial charge on any atom is -0.490 e. The zero-order chi connectivity index (χ0) is 22.5. The molecule has 0 N–H and O–H groups in total. The van der Waals surface area contributed by atoms with Crippen molar-refractivity contribution in [3.8, 4) is 11.5 Å². The predicted molar refractivity (Wildman–Crippen MR) is 121 cm³/mol. The van der Waals surface area contributed by atoms with Gasteiger partial charge in [0.2, 0.25) is 0 Å². The molecule has 0 unspecified atom stereocenters. The Kier molecular flexibility index (Phi) is 6.50. The van der Waals surface area contributed by atoms with Gasteiger partial charge in [0, 0.05) is 11.9 Å². The van der Waals surface area contributed by atoms with E-state index in [0.29, 0.717) is 48.7 Å². The van der Waals surface area contributed by atoms with Crippen LogP contribution in [0.25, 0.3) is 0 Å². The van der Waals surface area contributed by atoms with Gasteiger partial charge in [-0.3, -0.25) is 19.5 Å². The van der Waals surface area contributed by atoms with Crippen molar-refractivity contribution in [1.29, 1.82) is 0 Å². The number of pyridine rings is 1. The first-order valence-electron chi connectivity index (χ1n) is 10.9. The molecule has 3 aromatic rings. The number of hydrogen-bond donors (Lipinski definition) is 0. The van der Waals surface area contributed by atoms with Gasteiger partial charge in [0.05, 0.1) is 30.4 Å². The molecule has 1 atom stereocenters. The third-order valence-corrected chi connectivity index (χ3v) is 5.49. The number of hydrogen-bond acceptors (Lipinski definition) is 5. The van der Waals surface area contributed by atoms with E-state index < -0.39 is 6.04 Å². The van der Waals surface area contributed by atoms with Crippen molar-refractivity contribution in [3.63, 3.8) is 0 Å². The largest absolute Gasteiger partial charge is 0.490 e. The molecule has 4 rings (SSSR count). The monoisotopic (exact) mass is 430 g/mol. The van der Waals surface area contributed by atoms with Crippen LogP contribution in [-0.4, -0.2) is 34.9 Å². The van der Waals surface area contributed by atoms with E-state index in [2.05, 4.69) is 4.98 Å². The smallest absolute Gasteiger partial charge is 0.262 e. The highest BCUT2D eigenvalue weighted by Gasteiger charge is 2.40. The van der Waals surface area contributed by atoms with Crippen LogP contribution in [0.1, 0.15) is 58.3 Å². The van der Waals surface area contributed by atoms with Crippen LogP contribution in [0.5, 0.6) is 11.5 Å². The molecule has 0 radical (unpaired) electrons. The Morgan fingerprint density at radius 1 is 0.844 bits per heavy atom. The summed E-state index contributed by atoms with van der Waals surface area (Å²) in [5.74, 6) is 0.696. The zero-order valence-electron chi connectivity index (χ0n) is 18.3. The highest BCUT2D eigenvalue weighted by atomic mass is 16.5. The molecule has 1 aliphatic rings. The van der Waals surface area contributed by atoms with Gasteiger partial charge in [-0.05, 0) is 68.7 Å². The summed E-state index contributed by atoms with van der Waals surface area (Å²) < 4.78 is 11.5. The Labute approximate surface area is 187 Å². The second-order valence-corrected chi connectivity index (χ2v) is 7.47. The molecule has 0 saturated heterocycles. The number of nitrogens with zero attached hydrogens (tertiary/aromatic N) is 2. The molecule has 0 saturated carbocycles. The molecule has 1 aromatic heterocycles. The second-order valence-electron chi connectivity index (χ2n) is 7.47. The molecule has 0 spiro atoms. The summed E-state index contributed by atoms with van der Waals surface area (Å²) in [6.07, 6.45) is 2.91. The SMILES string of the molecule is CCOc1ccc([C@H](CCc2ccccn2)N2C(=O)c3ccccc3C2=O)cc1OCC. The summed E-state index contributed by atoms with van der Waals surface area (Å²) >= 11 is 0. The van der Waals surface area contributed by atoms with Crippen LogP contribution < -0.4 is 9.47 Å². The van der Waals surface area contributed by atoms with Crippen LogP contribution in [0.2, 0.25) is 0 Å². The number of imide groups is 1. The number of carbonyl (C=O) groups is 2. The van der Waals surface area contributed by atoms with Crippen LogP contribution >= 0.6 is 0 Å². The molecule has 0 bridgehead atoms. The minimum absolute atomic E-state index is 0.275. The topological polar surface area (TPSA) is 68.7 Å². The van der Waals surface area contributed by atoms with Crippen LogP contribution in [0.4, 0.5) is 0 Å². The Bertz CT molecular complexity index is 1080. The lowest BCUT2D eigenvalue weighted by atomic mass is 9.98. The third-order valence-electron chi connectivity index (χ3n) is 5.49. The number of rotatable bonds is 9. The van der Waals surface area contributed by atoms with E-state index in [1.165, 1.54) is 4.90 Å². The minimum atomic E-state index is -0.459. The van der Waals surface area contributed by atoms with Gasteiger partial charge < -0.3 is 9.47 Å². The predicted octanol–water partition coefficient (Wildman–Crippen LogP) is 4.85. The van der Waals surface area contributed by atoms with Gasteiger partial charge in [-0.15, -0.1) is 0 Å². The highest BCUT2D eigenvalue weighted by Crippen LogP contribution is 2.38. The maximum Gasteiger partial charge on any atom is 0.262 e. The van der Waals surface area contributed by atoms with Gasteiger partial charge in [0.15, 0.2) is 11.5 Å². The Hall–Kier alpha value is -3.67. The number of carbonyl (C=O) groups excluding carboxylic acids is 2. The molecular weight excluding hydrogens is 404 g/mol. The van der Waals surface area contributed by atoms with Crippen LogP contribution in [0.3, 0.4) is 0 Å². The van der Waals surface area contributed by atoms with Crippen molar-refractivity contribution in [1.82, 2.24) is 9.88 Å². The van der Waals surface area contributed by atoms with Crippen molar-refractivity contribution in [2.75, 3.05) is 13.2 Å². The summed E-state index contributed by atoms with van der Waals surface area (Å²) in [5.41, 5.74) is 2.61. The lowest BCUT2D eigenvalue weighted by molar-refractivity contribution is 0.0573. The highest BCUT2D eigenvalue weighted by molar-refractivity contribution is 6.21. The normalized spacial score (nSPS) is 13.8. The first-order valence-corrected chi connectivity index (χ1v) is 10.9. The molecule has 0 fully saturated rings. The third kappa shape index (κ3) is 4.21. The van der Waals surface area contributed by atoms with Crippen molar-refractivity contribution in [2.24, 2.45) is 0 Å². The zero-order valence-corrected chi connectivity index (χ0v) is 18.3. The molecule has 1 aliphatic heterocycles. The molecule has 6 nitrogen and oxygen atoms in total. The number of aryl methyl sites for hydroxylation is 1. The molecular formula is C26H26N2O4. The van der Waals surface area contributed by atoms with E-state index in [4.69, 9.17) is 9.47 Å². The second kappa shape index (κ2) is 9.64. The van der Waals surface area contributed by atoms with E-state index >= 15 is 0 Å². The standard InChI is InChI=1S/C26H26N2O4/c1-3-31-23-15-12-18(17-24(23)32-4-2)22(14-13-19-9-7-8-16-27-19)28-25(29)20-10-5-6-11-21(20)26(28)30/h5-12,15-17,22H,3-4,13-14H2,1-2H3/t22-/m0/s1. The number of aromatic nitrogens is 1. The Balaban J connectivity index is 1.72. The van der Waals surface area contributed by atoms with Crippen LogP contribution in [0, 0.1) is 0 Å². The summed E-state index contributed by atoms with van der Waals surface area (Å²) in [6.45, 7) is 4.82. The summed E-state index contributed by atoms with van der Waals surface area (Å²) in [5, 5.41) is 0. The van der Waals surface area contributed by atoms with Gasteiger partial charge in [0.25, 0.3) is 11.8 Å². The van der Waals surface area contributed by atoms with E-state index in [-0.39, 0.29) is 11.8 Å². The maximum absolute atomic E-state index is 13.2. The van der Waals surface area contributed by atoms with Gasteiger partial charge in [0.1, 0.15) is 0 Å². The fourth-order valence-corrected chi connectivity index (χ4v) is 4.04. The van der Waals surface area contributed by atoms with E-state index in [1.54, 1.807) is 30.5 Å². The number of ether oxygens (including phenoxy) is 2. The van der Waals surface area contributed by atoms with E-state index in [1.807, 2.05) is 50.2 Å². The average molecular weight is 431 g/mol. The molecule has 6 heteroatoms. The van der Waals surface area contributed by atoms with Crippen molar-refractivity contribution >= 4 is 11.8 Å². The summed E-state index contributed by atoms with van der Waals surface area (Å²) in [4.78, 5) is 32.3. The summed E-state index contributed by atoms with van der Waals surface area (Å²) in [6, 6.07) is 17.9. The Morgan fingerprint density at radius 3 is 2.12 bits per heavy atom. The van der Waals surface area contributed by atoms with Crippen molar-refractivity contribution in [3.05, 3.63) is 89.2 Å². The summed E-state index contributed by atoms with van der Waals surface area (Å²) in [7, 11) is 0. The van der Waals surface area contributed by atoms with Crippen molar-refractivity contribution in [2.45, 2.75) is 32.7 Å². The molecule has 164 valence electrons. The molecule has 2 heterocycles. The maximum atomic E-state index is 13.2. The molecule has 0 aliphatic carbocycles. The van der Waals surface area contributed by atoms with Crippen LogP contribution in [0.15, 0.2) is 66.9 Å². The number of fused-ring (bicyclic) bond motifs is 1. The molecule has 2 amide bonds. The first kappa shape index (κ1) is 21.6. The van der Waals surface area contributed by atoms with E-state index in [0.717, 1.165) is 11.3 Å².